The first-order valence-electron chi connectivity index (χ1n) is 10.6. The fourth-order valence-electron chi connectivity index (χ4n) is 4.33. The van der Waals surface area contributed by atoms with Crippen LogP contribution in [0.25, 0.3) is 36.3 Å². The van der Waals surface area contributed by atoms with Crippen LogP contribution in [0.5, 0.6) is 0 Å². The van der Waals surface area contributed by atoms with Crippen LogP contribution in [0.2, 0.25) is 0 Å². The van der Waals surface area contributed by atoms with Gasteiger partial charge in [-0.25, -0.2) is 27.7 Å². The Balaban J connectivity index is 2.19. The van der Waals surface area contributed by atoms with Crippen LogP contribution in [0, 0.1) is 63.8 Å². The molecule has 0 amide bonds. The number of hydrogen-bond acceptors (Lipinski definition) is 5. The lowest BCUT2D eigenvalue weighted by atomic mass is 9.90. The van der Waals surface area contributed by atoms with E-state index in [-0.39, 0.29) is 27.6 Å². The van der Waals surface area contributed by atoms with E-state index in [0.717, 1.165) is 12.1 Å². The minimum atomic E-state index is -1.12. The predicted molar refractivity (Wildman–Crippen MR) is 136 cm³/mol. The first kappa shape index (κ1) is 24.7. The number of nitrogens with zero attached hydrogens (tertiary/aromatic N) is 4. The van der Waals surface area contributed by atoms with Gasteiger partial charge in [-0.3, -0.25) is 0 Å². The van der Waals surface area contributed by atoms with E-state index < -0.39 is 34.4 Å². The average Bonchev–Trinajstić information content (AvgIpc) is 3.58. The molecule has 4 nitrogen and oxygen atoms in total. The molecule has 0 atom stereocenters. The highest BCUT2D eigenvalue weighted by Crippen LogP contribution is 2.32. The van der Waals surface area contributed by atoms with Gasteiger partial charge in [0.25, 0.3) is 5.70 Å². The predicted octanol–water partition coefficient (Wildman–Crippen LogP) is 6.21. The molecule has 180 valence electrons. The molecule has 38 heavy (non-hydrogen) atoms. The summed E-state index contributed by atoms with van der Waals surface area (Å²) in [6, 6.07) is 11.4. The van der Waals surface area contributed by atoms with Crippen LogP contribution in [0.1, 0.15) is 22.3 Å². The molecule has 0 aliphatic rings. The van der Waals surface area contributed by atoms with Crippen molar-refractivity contribution >= 4 is 54.1 Å². The van der Waals surface area contributed by atoms with E-state index in [2.05, 4.69) is 4.85 Å². The summed E-state index contributed by atoms with van der Waals surface area (Å²) in [4.78, 5) is 3.35. The molecule has 10 heteroatoms. The van der Waals surface area contributed by atoms with E-state index >= 15 is 8.78 Å². The van der Waals surface area contributed by atoms with Gasteiger partial charge in [0, 0.05) is 54.1 Å². The van der Waals surface area contributed by atoms with Gasteiger partial charge in [0.05, 0.1) is 23.8 Å². The summed E-state index contributed by atoms with van der Waals surface area (Å²) < 4.78 is 60.4. The van der Waals surface area contributed by atoms with Crippen LogP contribution in [-0.2, 0) is 0 Å². The lowest BCUT2D eigenvalue weighted by Gasteiger charge is -2.14. The van der Waals surface area contributed by atoms with Crippen molar-refractivity contribution < 1.29 is 17.6 Å². The molecular formula is C28H8F4N4S2. The molecule has 5 rings (SSSR count). The maximum atomic E-state index is 15.4. The van der Waals surface area contributed by atoms with Crippen LogP contribution < -0.4 is 10.4 Å². The summed E-state index contributed by atoms with van der Waals surface area (Å²) in [5.74, 6) is -4.45. The molecule has 2 aromatic heterocycles. The van der Waals surface area contributed by atoms with Gasteiger partial charge < -0.3 is 0 Å². The normalized spacial score (nSPS) is 11.5. The first-order chi connectivity index (χ1) is 18.3. The molecule has 3 aromatic carbocycles. The molecule has 0 fully saturated rings. The van der Waals surface area contributed by atoms with Crippen molar-refractivity contribution in [1.82, 2.24) is 0 Å². The number of thiophene rings is 2. The molecule has 2 heterocycles. The summed E-state index contributed by atoms with van der Waals surface area (Å²) in [7, 11) is 0. The number of fused-ring (bicyclic) bond motifs is 2. The van der Waals surface area contributed by atoms with Crippen LogP contribution in [-0.4, -0.2) is 0 Å². The Hall–Kier alpha value is -5.00. The van der Waals surface area contributed by atoms with E-state index in [1.165, 1.54) is 22.7 Å². The molecule has 0 N–H and O–H groups in total. The maximum Gasteiger partial charge on any atom is 0.271 e. The zero-order chi connectivity index (χ0) is 27.1. The molecule has 0 aliphatic carbocycles. The topological polar surface area (TPSA) is 75.7 Å². The fourth-order valence-corrected chi connectivity index (χ4v) is 6.26. The zero-order valence-corrected chi connectivity index (χ0v) is 20.4. The average molecular weight is 541 g/mol. The van der Waals surface area contributed by atoms with E-state index in [4.69, 9.17) is 6.57 Å². The SMILES string of the molecule is [C-]#[N+]/C(C#N)=c1/c2ccsc2c(=C(c2cc(C#N)c(F)cc2F)c2cc(C#N)c(F)cc2F)c2ccsc12. The standard InChI is InChI=1S/C28H8F4N4S2/c1-36-23(12-35)25-15-2-4-38-28(15)26(16-3-5-37-27(16)25)24(17-6-13(10-33)19(29)8-21(17)31)18-7-14(11-34)20(30)9-22(18)32/h2-9H/b25-23-. The molecule has 0 saturated carbocycles. The second-order valence-electron chi connectivity index (χ2n) is 7.87. The van der Waals surface area contributed by atoms with Gasteiger partial charge in [0.15, 0.2) is 0 Å². The van der Waals surface area contributed by atoms with Gasteiger partial charge in [0.1, 0.15) is 35.4 Å². The number of rotatable bonds is 2. The van der Waals surface area contributed by atoms with Gasteiger partial charge in [-0.2, -0.15) is 10.5 Å². The van der Waals surface area contributed by atoms with Crippen molar-refractivity contribution in [1.29, 1.82) is 15.8 Å². The Labute approximate surface area is 219 Å². The number of nitriles is 3. The number of hydrogen-bond donors (Lipinski definition) is 0. The maximum absolute atomic E-state index is 15.4. The minimum Gasteiger partial charge on any atom is -0.226 e. The highest BCUT2D eigenvalue weighted by molar-refractivity contribution is 7.18. The van der Waals surface area contributed by atoms with Crippen LogP contribution in [0.15, 0.2) is 47.2 Å². The van der Waals surface area contributed by atoms with Gasteiger partial charge in [0.2, 0.25) is 0 Å². The lowest BCUT2D eigenvalue weighted by molar-refractivity contribution is 0.575. The van der Waals surface area contributed by atoms with Crippen LogP contribution in [0.4, 0.5) is 17.6 Å². The summed E-state index contributed by atoms with van der Waals surface area (Å²) in [5.41, 5.74) is -2.01. The molecule has 5 aromatic rings. The fraction of sp³-hybridized carbons (Fsp3) is 0. The molecule has 0 radical (unpaired) electrons. The summed E-state index contributed by atoms with van der Waals surface area (Å²) in [6.07, 6.45) is 0. The summed E-state index contributed by atoms with van der Waals surface area (Å²) >= 11 is 2.38. The van der Waals surface area contributed by atoms with Crippen molar-refractivity contribution in [2.45, 2.75) is 0 Å². The molecule has 0 unspecified atom stereocenters. The monoisotopic (exact) mass is 540 g/mol. The Bertz CT molecular complexity index is 1990. The van der Waals surface area contributed by atoms with Gasteiger partial charge in [-0.1, -0.05) is 0 Å². The lowest BCUT2D eigenvalue weighted by Crippen LogP contribution is -2.18. The largest absolute Gasteiger partial charge is 0.271 e. The number of halogens is 4. The molecule has 0 saturated heterocycles. The minimum absolute atomic E-state index is 0.142. The van der Waals surface area contributed by atoms with Crippen molar-refractivity contribution in [3.05, 3.63) is 115 Å². The van der Waals surface area contributed by atoms with Gasteiger partial charge in [-0.15, -0.1) is 22.7 Å². The molecular weight excluding hydrogens is 532 g/mol. The molecule has 0 bridgehead atoms. The smallest absolute Gasteiger partial charge is 0.226 e. The van der Waals surface area contributed by atoms with Gasteiger partial charge >= 0.3 is 0 Å². The van der Waals surface area contributed by atoms with Crippen molar-refractivity contribution in [2.24, 2.45) is 0 Å². The zero-order valence-electron chi connectivity index (χ0n) is 18.7. The Morgan fingerprint density at radius 1 is 0.711 bits per heavy atom. The Morgan fingerprint density at radius 2 is 1.18 bits per heavy atom. The van der Waals surface area contributed by atoms with E-state index in [9.17, 15) is 24.6 Å². The highest BCUT2D eigenvalue weighted by Gasteiger charge is 2.23. The molecule has 0 spiro atoms. The van der Waals surface area contributed by atoms with Crippen molar-refractivity contribution in [3.63, 3.8) is 0 Å². The first-order valence-corrected chi connectivity index (χ1v) is 12.3. The van der Waals surface area contributed by atoms with Crippen LogP contribution in [0.3, 0.4) is 0 Å². The third kappa shape index (κ3) is 3.69. The second kappa shape index (κ2) is 9.47. The second-order valence-corrected chi connectivity index (χ2v) is 9.70. The summed E-state index contributed by atoms with van der Waals surface area (Å²) in [6.45, 7) is 7.48. The molecule has 0 aliphatic heterocycles. The van der Waals surface area contributed by atoms with E-state index in [1.54, 1.807) is 35.0 Å². The Kier molecular flexibility index (Phi) is 6.15. The third-order valence-electron chi connectivity index (χ3n) is 5.92. The van der Waals surface area contributed by atoms with E-state index in [0.29, 0.717) is 37.5 Å². The highest BCUT2D eigenvalue weighted by atomic mass is 32.1. The third-order valence-corrected chi connectivity index (χ3v) is 7.78. The van der Waals surface area contributed by atoms with Crippen LogP contribution >= 0.6 is 22.7 Å². The van der Waals surface area contributed by atoms with Gasteiger partial charge in [-0.05, 0) is 40.4 Å². The number of benzene rings is 3. The quantitative estimate of drug-likeness (QED) is 0.197. The summed E-state index contributed by atoms with van der Waals surface area (Å²) in [5, 5.41) is 33.3. The van der Waals surface area contributed by atoms with Crippen molar-refractivity contribution in [3.8, 4) is 18.2 Å². The Morgan fingerprint density at radius 3 is 1.63 bits per heavy atom. The van der Waals surface area contributed by atoms with Crippen molar-refractivity contribution in [2.75, 3.05) is 0 Å². The van der Waals surface area contributed by atoms with E-state index in [1.807, 2.05) is 6.07 Å².